The molecule has 0 bridgehead atoms. The Morgan fingerprint density at radius 3 is 2.67 bits per heavy atom. The Morgan fingerprint density at radius 2 is 2.00 bits per heavy atom. The molecule has 2 heterocycles. The van der Waals surface area contributed by atoms with Gasteiger partial charge in [0.05, 0.1) is 12.6 Å². The van der Waals surface area contributed by atoms with E-state index < -0.39 is 28.6 Å². The molecule has 3 amide bonds. The van der Waals surface area contributed by atoms with Crippen LogP contribution in [0.5, 0.6) is 0 Å². The molecule has 122 valence electrons. The average molecular weight is 331 g/mol. The van der Waals surface area contributed by atoms with E-state index in [-0.39, 0.29) is 23.6 Å². The minimum absolute atomic E-state index is 0.0399. The summed E-state index contributed by atoms with van der Waals surface area (Å²) in [6, 6.07) is 7.50. The first kappa shape index (κ1) is 15.4. The highest BCUT2D eigenvalue weighted by molar-refractivity contribution is 6.13. The lowest BCUT2D eigenvalue weighted by atomic mass is 10.2. The van der Waals surface area contributed by atoms with Gasteiger partial charge in [0.2, 0.25) is 0 Å². The van der Waals surface area contributed by atoms with Crippen LogP contribution in [0.1, 0.15) is 11.3 Å². The number of hydrogen-bond acceptors (Lipinski definition) is 5. The molecule has 1 fully saturated rings. The third-order valence-electron chi connectivity index (χ3n) is 3.33. The molecule has 9 heteroatoms. The summed E-state index contributed by atoms with van der Waals surface area (Å²) in [5.74, 6) is -1.65. The lowest BCUT2D eigenvalue weighted by molar-refractivity contribution is -0.402. The number of nitrogens with zero attached hydrogens (tertiary/aromatic N) is 2. The van der Waals surface area contributed by atoms with Gasteiger partial charge in [0, 0.05) is 11.6 Å². The Labute approximate surface area is 134 Å². The van der Waals surface area contributed by atoms with Crippen molar-refractivity contribution in [3.63, 3.8) is 0 Å². The maximum Gasteiger partial charge on any atom is 0.433 e. The van der Waals surface area contributed by atoms with Crippen molar-refractivity contribution >= 4 is 23.9 Å². The number of carbonyl (C=O) groups is 2. The van der Waals surface area contributed by atoms with Crippen molar-refractivity contribution in [2.75, 3.05) is 0 Å². The molecule has 0 saturated carbocycles. The number of imide groups is 1. The van der Waals surface area contributed by atoms with E-state index in [2.05, 4.69) is 5.32 Å². The molecule has 1 aromatic carbocycles. The van der Waals surface area contributed by atoms with Gasteiger partial charge in [-0.25, -0.2) is 9.18 Å². The molecule has 0 spiro atoms. The number of halogens is 1. The number of urea groups is 1. The van der Waals surface area contributed by atoms with Crippen LogP contribution < -0.4 is 5.32 Å². The first-order chi connectivity index (χ1) is 11.5. The smallest absolute Gasteiger partial charge is 0.401 e. The summed E-state index contributed by atoms with van der Waals surface area (Å²) in [6.07, 6.45) is 1.18. The summed E-state index contributed by atoms with van der Waals surface area (Å²) in [5.41, 5.74) is 0.0801. The fraction of sp³-hybridized carbons (Fsp3) is 0.0667. The molecule has 0 aliphatic carbocycles. The average Bonchev–Trinajstić information content (AvgIpc) is 3.10. The zero-order chi connectivity index (χ0) is 17.3. The molecule has 3 rings (SSSR count). The first-order valence-corrected chi connectivity index (χ1v) is 6.78. The van der Waals surface area contributed by atoms with Crippen LogP contribution >= 0.6 is 0 Å². The Hall–Kier alpha value is -3.49. The van der Waals surface area contributed by atoms with E-state index in [1.54, 1.807) is 6.07 Å². The minimum atomic E-state index is -0.721. The standard InChI is InChI=1S/C15H10FN3O5/c16-11-4-2-1-3-9(11)8-18-14(20)12(17-15(18)21)7-10-5-6-13(24-10)19(22)23/h1-7H,8H2,(H,17,21)/b12-7+. The van der Waals surface area contributed by atoms with Crippen molar-refractivity contribution in [2.24, 2.45) is 0 Å². The third-order valence-corrected chi connectivity index (χ3v) is 3.33. The van der Waals surface area contributed by atoms with Gasteiger partial charge in [-0.05, 0) is 12.1 Å². The van der Waals surface area contributed by atoms with Gasteiger partial charge < -0.3 is 9.73 Å². The van der Waals surface area contributed by atoms with Crippen LogP contribution in [-0.4, -0.2) is 21.8 Å². The molecule has 1 aliphatic rings. The van der Waals surface area contributed by atoms with Gasteiger partial charge in [0.25, 0.3) is 5.91 Å². The zero-order valence-electron chi connectivity index (χ0n) is 12.1. The molecule has 1 saturated heterocycles. The fourth-order valence-corrected chi connectivity index (χ4v) is 2.17. The highest BCUT2D eigenvalue weighted by Crippen LogP contribution is 2.21. The fourth-order valence-electron chi connectivity index (χ4n) is 2.17. The SMILES string of the molecule is O=C1N/C(=C/c2ccc([N+](=O)[O-])o2)C(=O)N1Cc1ccccc1F. The van der Waals surface area contributed by atoms with Gasteiger partial charge in [-0.3, -0.25) is 19.8 Å². The van der Waals surface area contributed by atoms with E-state index in [9.17, 15) is 24.1 Å². The van der Waals surface area contributed by atoms with Crippen molar-refractivity contribution in [3.8, 4) is 0 Å². The summed E-state index contributed by atoms with van der Waals surface area (Å²) >= 11 is 0. The van der Waals surface area contributed by atoms with Crippen LogP contribution in [0.15, 0.2) is 46.5 Å². The van der Waals surface area contributed by atoms with Gasteiger partial charge in [-0.15, -0.1) is 0 Å². The molecule has 1 aliphatic heterocycles. The Kier molecular flexibility index (Phi) is 3.82. The lowest BCUT2D eigenvalue weighted by Crippen LogP contribution is -2.30. The summed E-state index contributed by atoms with van der Waals surface area (Å²) in [4.78, 5) is 34.8. The first-order valence-electron chi connectivity index (χ1n) is 6.78. The number of hydrogen-bond donors (Lipinski definition) is 1. The second-order valence-electron chi connectivity index (χ2n) is 4.90. The van der Waals surface area contributed by atoms with Crippen molar-refractivity contribution in [1.29, 1.82) is 0 Å². The van der Waals surface area contributed by atoms with E-state index in [1.165, 1.54) is 30.3 Å². The number of rotatable bonds is 4. The van der Waals surface area contributed by atoms with E-state index in [0.717, 1.165) is 11.0 Å². The molecule has 1 N–H and O–H groups in total. The molecule has 0 unspecified atom stereocenters. The number of nitrogens with one attached hydrogen (secondary N) is 1. The number of carbonyl (C=O) groups excluding carboxylic acids is 2. The minimum Gasteiger partial charge on any atom is -0.401 e. The summed E-state index contributed by atoms with van der Waals surface area (Å²) in [7, 11) is 0. The second-order valence-corrected chi connectivity index (χ2v) is 4.90. The highest BCUT2D eigenvalue weighted by atomic mass is 19.1. The van der Waals surface area contributed by atoms with E-state index in [4.69, 9.17) is 4.42 Å². The Balaban J connectivity index is 1.82. The molecule has 1 aromatic heterocycles. The Morgan fingerprint density at radius 1 is 1.25 bits per heavy atom. The number of furan rings is 1. The highest BCUT2D eigenvalue weighted by Gasteiger charge is 2.34. The molecular formula is C15H10FN3O5. The zero-order valence-corrected chi connectivity index (χ0v) is 12.1. The molecule has 24 heavy (non-hydrogen) atoms. The van der Waals surface area contributed by atoms with E-state index >= 15 is 0 Å². The van der Waals surface area contributed by atoms with Crippen LogP contribution in [-0.2, 0) is 11.3 Å². The van der Waals surface area contributed by atoms with Crippen LogP contribution in [0.3, 0.4) is 0 Å². The van der Waals surface area contributed by atoms with Crippen molar-refractivity contribution in [1.82, 2.24) is 10.2 Å². The second kappa shape index (κ2) is 5.95. The van der Waals surface area contributed by atoms with Gasteiger partial charge in [-0.1, -0.05) is 18.2 Å². The largest absolute Gasteiger partial charge is 0.433 e. The van der Waals surface area contributed by atoms with Gasteiger partial charge in [0.1, 0.15) is 22.2 Å². The topological polar surface area (TPSA) is 106 Å². The van der Waals surface area contributed by atoms with Crippen LogP contribution in [0, 0.1) is 15.9 Å². The summed E-state index contributed by atoms with van der Waals surface area (Å²) in [5, 5.41) is 12.9. The quantitative estimate of drug-likeness (QED) is 0.401. The predicted molar refractivity (Wildman–Crippen MR) is 78.8 cm³/mol. The van der Waals surface area contributed by atoms with Crippen molar-refractivity contribution in [2.45, 2.75) is 6.54 Å². The number of amides is 3. The number of nitro groups is 1. The van der Waals surface area contributed by atoms with Crippen molar-refractivity contribution in [3.05, 3.63) is 69.4 Å². The molecule has 0 atom stereocenters. The van der Waals surface area contributed by atoms with Crippen LogP contribution in [0.4, 0.5) is 15.1 Å². The van der Waals surface area contributed by atoms with Crippen molar-refractivity contribution < 1.29 is 23.3 Å². The van der Waals surface area contributed by atoms with E-state index in [0.29, 0.717) is 0 Å². The van der Waals surface area contributed by atoms with Crippen LogP contribution in [0.25, 0.3) is 6.08 Å². The molecule has 0 radical (unpaired) electrons. The van der Waals surface area contributed by atoms with E-state index in [1.807, 2.05) is 0 Å². The van der Waals surface area contributed by atoms with Gasteiger partial charge in [0.15, 0.2) is 0 Å². The normalized spacial score (nSPS) is 15.9. The maximum absolute atomic E-state index is 13.7. The summed E-state index contributed by atoms with van der Waals surface area (Å²) < 4.78 is 18.6. The molecule has 2 aromatic rings. The Bertz CT molecular complexity index is 873. The third kappa shape index (κ3) is 2.86. The lowest BCUT2D eigenvalue weighted by Gasteiger charge is -2.12. The monoisotopic (exact) mass is 331 g/mol. The predicted octanol–water partition coefficient (Wildman–Crippen LogP) is 2.42. The van der Waals surface area contributed by atoms with Crippen LogP contribution in [0.2, 0.25) is 0 Å². The van der Waals surface area contributed by atoms with Gasteiger partial charge in [-0.2, -0.15) is 0 Å². The van der Waals surface area contributed by atoms with Gasteiger partial charge >= 0.3 is 11.9 Å². The number of benzene rings is 1. The maximum atomic E-state index is 13.7. The summed E-state index contributed by atoms with van der Waals surface area (Å²) in [6.45, 7) is -0.229. The molecule has 8 nitrogen and oxygen atoms in total. The molecular weight excluding hydrogens is 321 g/mol.